The van der Waals surface area contributed by atoms with E-state index in [9.17, 15) is 0 Å². The Morgan fingerprint density at radius 3 is 1.67 bits per heavy atom. The van der Waals surface area contributed by atoms with E-state index in [1.807, 2.05) is 22.7 Å². The first-order valence-corrected chi connectivity index (χ1v) is 18.1. The van der Waals surface area contributed by atoms with Crippen LogP contribution in [-0.2, 0) is 6.42 Å². The van der Waals surface area contributed by atoms with E-state index in [-0.39, 0.29) is 0 Å². The third-order valence-electron chi connectivity index (χ3n) is 9.71. The number of anilines is 3. The van der Waals surface area contributed by atoms with Crippen molar-refractivity contribution in [3.63, 3.8) is 0 Å². The highest BCUT2D eigenvalue weighted by atomic mass is 32.1. The van der Waals surface area contributed by atoms with E-state index in [0.29, 0.717) is 0 Å². The zero-order valence-electron chi connectivity index (χ0n) is 26.1. The van der Waals surface area contributed by atoms with E-state index >= 15 is 0 Å². The van der Waals surface area contributed by atoms with Gasteiger partial charge in [-0.1, -0.05) is 66.7 Å². The lowest BCUT2D eigenvalue weighted by molar-refractivity contribution is 0.958. The maximum atomic E-state index is 2.41. The third kappa shape index (κ3) is 4.52. The quantitative estimate of drug-likeness (QED) is 0.180. The van der Waals surface area contributed by atoms with Gasteiger partial charge in [-0.2, -0.15) is 0 Å². The van der Waals surface area contributed by atoms with Gasteiger partial charge in [0.2, 0.25) is 0 Å². The van der Waals surface area contributed by atoms with Gasteiger partial charge >= 0.3 is 0 Å². The SMILES string of the molecule is C1=Cc2c(ccn2-c2ccc(-c3ccc(N(c4ccc5sc6ccccc6c5c4)c4ccc5sc6ccccc6c5c4)cc3)cc2)CC1. The van der Waals surface area contributed by atoms with Gasteiger partial charge in [-0.3, -0.25) is 0 Å². The van der Waals surface area contributed by atoms with E-state index in [4.69, 9.17) is 0 Å². The van der Waals surface area contributed by atoms with Crippen LogP contribution in [0.5, 0.6) is 0 Å². The molecule has 0 atom stereocenters. The molecule has 0 bridgehead atoms. The Bertz CT molecular complexity index is 2550. The Morgan fingerprint density at radius 1 is 0.500 bits per heavy atom. The van der Waals surface area contributed by atoms with Crippen molar-refractivity contribution < 1.29 is 0 Å². The molecule has 6 aromatic carbocycles. The topological polar surface area (TPSA) is 8.17 Å². The van der Waals surface area contributed by atoms with Gasteiger partial charge in [0.15, 0.2) is 0 Å². The maximum Gasteiger partial charge on any atom is 0.0484 e. The van der Waals surface area contributed by atoms with Crippen LogP contribution in [0, 0.1) is 0 Å². The fourth-order valence-corrected chi connectivity index (χ4v) is 9.49. The van der Waals surface area contributed by atoms with E-state index < -0.39 is 0 Å². The number of benzene rings is 6. The molecular formula is C44H30N2S2. The Kier molecular flexibility index (Phi) is 6.39. The average molecular weight is 651 g/mol. The molecule has 0 spiro atoms. The summed E-state index contributed by atoms with van der Waals surface area (Å²) in [6, 6.07) is 51.6. The first-order valence-electron chi connectivity index (χ1n) is 16.5. The lowest BCUT2D eigenvalue weighted by atomic mass is 10.0. The van der Waals surface area contributed by atoms with Crippen molar-refractivity contribution in [3.8, 4) is 16.8 Å². The number of aromatic nitrogens is 1. The largest absolute Gasteiger partial charge is 0.317 e. The Hall–Kier alpha value is -5.42. The predicted octanol–water partition coefficient (Wildman–Crippen LogP) is 13.3. The number of allylic oxidation sites excluding steroid dienone is 1. The van der Waals surface area contributed by atoms with Crippen LogP contribution in [0.2, 0.25) is 0 Å². The van der Waals surface area contributed by atoms with Crippen LogP contribution >= 0.6 is 22.7 Å². The van der Waals surface area contributed by atoms with E-state index in [0.717, 1.165) is 29.9 Å². The van der Waals surface area contributed by atoms with E-state index in [2.05, 4.69) is 167 Å². The van der Waals surface area contributed by atoms with Gasteiger partial charge in [0.1, 0.15) is 0 Å². The van der Waals surface area contributed by atoms with Crippen LogP contribution in [0.4, 0.5) is 17.1 Å². The second kappa shape index (κ2) is 11.1. The maximum absolute atomic E-state index is 2.41. The molecule has 2 nitrogen and oxygen atoms in total. The molecule has 0 radical (unpaired) electrons. The van der Waals surface area contributed by atoms with Gasteiger partial charge in [0, 0.05) is 75.0 Å². The summed E-state index contributed by atoms with van der Waals surface area (Å²) >= 11 is 3.72. The summed E-state index contributed by atoms with van der Waals surface area (Å²) in [5, 5.41) is 5.23. The molecule has 0 fully saturated rings. The van der Waals surface area contributed by atoms with Crippen molar-refractivity contribution in [2.45, 2.75) is 12.8 Å². The first-order chi connectivity index (χ1) is 23.8. The molecule has 0 amide bonds. The monoisotopic (exact) mass is 650 g/mol. The molecule has 48 heavy (non-hydrogen) atoms. The lowest BCUT2D eigenvalue weighted by Gasteiger charge is -2.26. The van der Waals surface area contributed by atoms with E-state index in [1.54, 1.807) is 0 Å². The van der Waals surface area contributed by atoms with Crippen molar-refractivity contribution in [3.05, 3.63) is 163 Å². The molecule has 10 rings (SSSR count). The van der Waals surface area contributed by atoms with Crippen molar-refractivity contribution in [2.75, 3.05) is 4.90 Å². The number of hydrogen-bond donors (Lipinski definition) is 0. The molecular weight excluding hydrogens is 621 g/mol. The molecule has 0 unspecified atom stereocenters. The normalized spacial score (nSPS) is 12.8. The van der Waals surface area contributed by atoms with Crippen molar-refractivity contribution >= 4 is 86.2 Å². The van der Waals surface area contributed by atoms with Gasteiger partial charge in [-0.05, 0) is 114 Å². The molecule has 228 valence electrons. The summed E-state index contributed by atoms with van der Waals surface area (Å²) in [5.41, 5.74) is 9.81. The number of nitrogens with zero attached hydrogens (tertiary/aromatic N) is 2. The van der Waals surface area contributed by atoms with Crippen LogP contribution in [0.3, 0.4) is 0 Å². The van der Waals surface area contributed by atoms with Crippen molar-refractivity contribution in [1.82, 2.24) is 4.57 Å². The minimum absolute atomic E-state index is 1.12. The molecule has 9 aromatic rings. The van der Waals surface area contributed by atoms with Gasteiger partial charge in [0.25, 0.3) is 0 Å². The summed E-state index contributed by atoms with van der Waals surface area (Å²) in [4.78, 5) is 2.41. The first kappa shape index (κ1) is 27.7. The zero-order chi connectivity index (χ0) is 31.6. The molecule has 0 aliphatic heterocycles. The van der Waals surface area contributed by atoms with Gasteiger partial charge in [0.05, 0.1) is 0 Å². The molecule has 1 aliphatic rings. The molecule has 3 aromatic heterocycles. The summed E-state index contributed by atoms with van der Waals surface area (Å²) < 4.78 is 7.58. The average Bonchev–Trinajstić information content (AvgIpc) is 3.85. The standard InChI is InChI=1S/C44H30N2S2/c1-4-10-40-31(7-1)25-26-45(40)32-17-13-29(14-18-32)30-15-19-33(20-16-30)46(34-21-23-43-38(27-34)36-8-2-5-11-41(36)47-43)35-22-24-44-39(28-35)37-9-3-6-12-42(37)48-44/h2-6,8-28H,1,7H2. The number of fused-ring (bicyclic) bond motifs is 7. The molecule has 3 heterocycles. The second-order valence-corrected chi connectivity index (χ2v) is 14.7. The fourth-order valence-electron chi connectivity index (χ4n) is 7.31. The summed E-state index contributed by atoms with van der Waals surface area (Å²) in [7, 11) is 0. The summed E-state index contributed by atoms with van der Waals surface area (Å²) in [6.07, 6.45) is 8.98. The zero-order valence-corrected chi connectivity index (χ0v) is 27.8. The Morgan fingerprint density at radius 2 is 1.04 bits per heavy atom. The molecule has 4 heteroatoms. The summed E-state index contributed by atoms with van der Waals surface area (Å²) in [6.45, 7) is 0. The number of rotatable bonds is 5. The fraction of sp³-hybridized carbons (Fsp3) is 0.0455. The highest BCUT2D eigenvalue weighted by Crippen LogP contribution is 2.43. The van der Waals surface area contributed by atoms with Crippen LogP contribution < -0.4 is 4.90 Å². The highest BCUT2D eigenvalue weighted by Gasteiger charge is 2.17. The number of hydrogen-bond acceptors (Lipinski definition) is 3. The number of aryl methyl sites for hydroxylation is 1. The minimum Gasteiger partial charge on any atom is -0.317 e. The molecule has 0 saturated carbocycles. The summed E-state index contributed by atoms with van der Waals surface area (Å²) in [5.74, 6) is 0. The molecule has 0 N–H and O–H groups in total. The Labute approximate surface area is 287 Å². The van der Waals surface area contributed by atoms with E-state index in [1.165, 1.54) is 68.4 Å². The van der Waals surface area contributed by atoms with Crippen LogP contribution in [0.1, 0.15) is 17.7 Å². The molecule has 0 saturated heterocycles. The van der Waals surface area contributed by atoms with Crippen LogP contribution in [-0.4, -0.2) is 4.57 Å². The van der Waals surface area contributed by atoms with Crippen LogP contribution in [0.15, 0.2) is 152 Å². The van der Waals surface area contributed by atoms with Gasteiger partial charge in [-0.25, -0.2) is 0 Å². The third-order valence-corrected chi connectivity index (χ3v) is 12.0. The van der Waals surface area contributed by atoms with Gasteiger partial charge < -0.3 is 9.47 Å². The second-order valence-electron chi connectivity index (χ2n) is 12.5. The van der Waals surface area contributed by atoms with Crippen molar-refractivity contribution in [2.24, 2.45) is 0 Å². The predicted molar refractivity (Wildman–Crippen MR) is 209 cm³/mol. The molecule has 1 aliphatic carbocycles. The lowest BCUT2D eigenvalue weighted by Crippen LogP contribution is -2.09. The Balaban J connectivity index is 1.06. The van der Waals surface area contributed by atoms with Crippen LogP contribution in [0.25, 0.3) is 63.2 Å². The number of thiophene rings is 2. The van der Waals surface area contributed by atoms with Crippen molar-refractivity contribution in [1.29, 1.82) is 0 Å². The smallest absolute Gasteiger partial charge is 0.0484 e. The minimum atomic E-state index is 1.12. The highest BCUT2D eigenvalue weighted by molar-refractivity contribution is 7.26. The van der Waals surface area contributed by atoms with Gasteiger partial charge in [-0.15, -0.1) is 22.7 Å².